The molecule has 2 aromatic heterocycles. The molecule has 7 heteroatoms. The fourth-order valence-electron chi connectivity index (χ4n) is 2.83. The van der Waals surface area contributed by atoms with E-state index in [1.807, 2.05) is 18.3 Å². The minimum Gasteiger partial charge on any atom is -0.365 e. The predicted octanol–water partition coefficient (Wildman–Crippen LogP) is 1.52. The number of nitrogens with one attached hydrogen (secondary N) is 2. The molecule has 1 aliphatic heterocycles. The number of likely N-dealkylation sites (tertiary alicyclic amines) is 1. The number of rotatable bonds is 3. The summed E-state index contributed by atoms with van der Waals surface area (Å²) in [5.41, 5.74) is 0.790. The zero-order chi connectivity index (χ0) is 15.5. The zero-order valence-corrected chi connectivity index (χ0v) is 12.4. The average molecular weight is 298 g/mol. The minimum atomic E-state index is -0.101. The van der Waals surface area contributed by atoms with Crippen LogP contribution >= 0.6 is 0 Å². The highest BCUT2D eigenvalue weighted by Crippen LogP contribution is 2.24. The van der Waals surface area contributed by atoms with Gasteiger partial charge in [-0.15, -0.1) is 0 Å². The van der Waals surface area contributed by atoms with Crippen LogP contribution in [0.2, 0.25) is 0 Å². The topological polar surface area (TPSA) is 97.7 Å². The van der Waals surface area contributed by atoms with Gasteiger partial charge in [-0.05, 0) is 18.4 Å². The largest absolute Gasteiger partial charge is 0.365 e. The molecule has 22 heavy (non-hydrogen) atoms. The van der Waals surface area contributed by atoms with Crippen molar-refractivity contribution in [2.45, 2.75) is 25.8 Å². The van der Waals surface area contributed by atoms with E-state index in [1.165, 1.54) is 6.33 Å². The number of aromatic nitrogens is 3. The lowest BCUT2D eigenvalue weighted by atomic mass is 9.93. The molecule has 7 nitrogen and oxygen atoms in total. The van der Waals surface area contributed by atoms with Crippen LogP contribution in [0.4, 0.5) is 5.82 Å². The first-order chi connectivity index (χ1) is 10.7. The van der Waals surface area contributed by atoms with Crippen LogP contribution in [0, 0.1) is 17.2 Å². The molecule has 0 aliphatic carbocycles. The molecule has 1 fully saturated rings. The quantitative estimate of drug-likeness (QED) is 0.895. The maximum atomic E-state index is 11.9. The predicted molar refractivity (Wildman–Crippen MR) is 81.9 cm³/mol. The summed E-state index contributed by atoms with van der Waals surface area (Å²) in [5.74, 6) is 1.10. The van der Waals surface area contributed by atoms with Gasteiger partial charge in [-0.1, -0.05) is 6.92 Å². The maximum absolute atomic E-state index is 11.9. The third-order valence-corrected chi connectivity index (χ3v) is 4.22. The van der Waals surface area contributed by atoms with Crippen LogP contribution in [0.15, 0.2) is 18.6 Å². The highest BCUT2D eigenvalue weighted by Gasteiger charge is 2.29. The lowest BCUT2D eigenvalue weighted by molar-refractivity contribution is -0.131. The number of nitriles is 1. The van der Waals surface area contributed by atoms with Crippen LogP contribution in [0.5, 0.6) is 0 Å². The number of anilines is 1. The molecule has 2 aromatic rings. The van der Waals surface area contributed by atoms with Crippen molar-refractivity contribution in [2.24, 2.45) is 5.92 Å². The van der Waals surface area contributed by atoms with Crippen molar-refractivity contribution < 1.29 is 4.79 Å². The second-order valence-corrected chi connectivity index (χ2v) is 5.65. The van der Waals surface area contributed by atoms with Gasteiger partial charge in [-0.25, -0.2) is 9.97 Å². The number of hydrogen-bond donors (Lipinski definition) is 2. The van der Waals surface area contributed by atoms with Crippen LogP contribution in [0.1, 0.15) is 19.8 Å². The van der Waals surface area contributed by atoms with E-state index in [9.17, 15) is 4.79 Å². The molecule has 0 spiro atoms. The molecule has 114 valence electrons. The Bertz CT molecular complexity index is 718. The first-order valence-electron chi connectivity index (χ1n) is 7.38. The summed E-state index contributed by atoms with van der Waals surface area (Å²) in [6, 6.07) is 3.97. The smallest absolute Gasteiger partial charge is 0.236 e. The van der Waals surface area contributed by atoms with E-state index in [-0.39, 0.29) is 18.4 Å². The van der Waals surface area contributed by atoms with Crippen LogP contribution in [0.3, 0.4) is 0 Å². The van der Waals surface area contributed by atoms with Gasteiger partial charge in [-0.2, -0.15) is 5.26 Å². The van der Waals surface area contributed by atoms with Gasteiger partial charge in [0.25, 0.3) is 0 Å². The number of aromatic amines is 1. The Morgan fingerprint density at radius 3 is 3.27 bits per heavy atom. The number of fused-ring (bicyclic) bond motifs is 1. The van der Waals surface area contributed by atoms with Crippen molar-refractivity contribution >= 4 is 22.8 Å². The van der Waals surface area contributed by atoms with Gasteiger partial charge in [0.05, 0.1) is 11.5 Å². The third kappa shape index (κ3) is 2.72. The first kappa shape index (κ1) is 14.3. The van der Waals surface area contributed by atoms with Crippen LogP contribution in [-0.2, 0) is 4.79 Å². The van der Waals surface area contributed by atoms with Crippen LogP contribution in [-0.4, -0.2) is 44.9 Å². The van der Waals surface area contributed by atoms with Crippen molar-refractivity contribution in [3.05, 3.63) is 18.6 Å². The minimum absolute atomic E-state index is 0.0589. The molecule has 0 aromatic carbocycles. The summed E-state index contributed by atoms with van der Waals surface area (Å²) in [6.45, 7) is 3.47. The molecule has 0 radical (unpaired) electrons. The summed E-state index contributed by atoms with van der Waals surface area (Å²) >= 11 is 0. The monoisotopic (exact) mass is 298 g/mol. The Balaban J connectivity index is 1.77. The first-order valence-corrected chi connectivity index (χ1v) is 7.38. The number of carbonyl (C=O) groups excluding carboxylic acids is 1. The number of H-pyrrole nitrogens is 1. The summed E-state index contributed by atoms with van der Waals surface area (Å²) in [5, 5.41) is 13.1. The van der Waals surface area contributed by atoms with E-state index < -0.39 is 0 Å². The van der Waals surface area contributed by atoms with E-state index >= 15 is 0 Å². The Morgan fingerprint density at radius 2 is 2.45 bits per heavy atom. The molecule has 2 N–H and O–H groups in total. The van der Waals surface area contributed by atoms with Crippen molar-refractivity contribution in [1.82, 2.24) is 19.9 Å². The second kappa shape index (κ2) is 6.02. The van der Waals surface area contributed by atoms with Gasteiger partial charge < -0.3 is 15.2 Å². The van der Waals surface area contributed by atoms with Crippen molar-refractivity contribution in [3.8, 4) is 6.07 Å². The standard InChI is InChI=1S/C15H18N6O/c1-10-4-7-21(13(22)2-5-16)8-12(10)20-15-11-3-6-17-14(11)18-9-19-15/h3,6,9-10,12H,2,4,7-8H2,1H3,(H2,17,18,19,20). The van der Waals surface area contributed by atoms with Gasteiger partial charge in [-0.3, -0.25) is 4.79 Å². The lowest BCUT2D eigenvalue weighted by Crippen LogP contribution is -2.49. The molecule has 1 amide bonds. The van der Waals surface area contributed by atoms with Gasteiger partial charge >= 0.3 is 0 Å². The second-order valence-electron chi connectivity index (χ2n) is 5.65. The number of amides is 1. The van der Waals surface area contributed by atoms with Gasteiger partial charge in [0.1, 0.15) is 24.2 Å². The fraction of sp³-hybridized carbons (Fsp3) is 0.467. The average Bonchev–Trinajstić information content (AvgIpc) is 2.99. The normalized spacial score (nSPS) is 21.5. The summed E-state index contributed by atoms with van der Waals surface area (Å²) in [7, 11) is 0. The highest BCUT2D eigenvalue weighted by atomic mass is 16.2. The van der Waals surface area contributed by atoms with Gasteiger partial charge in [0, 0.05) is 25.3 Å². The van der Waals surface area contributed by atoms with Gasteiger partial charge in [0.15, 0.2) is 0 Å². The van der Waals surface area contributed by atoms with Crippen LogP contribution in [0.25, 0.3) is 11.0 Å². The molecular weight excluding hydrogens is 280 g/mol. The van der Waals surface area contributed by atoms with E-state index in [4.69, 9.17) is 5.26 Å². The van der Waals surface area contributed by atoms with Gasteiger partial charge in [0.2, 0.25) is 5.91 Å². The van der Waals surface area contributed by atoms with Crippen molar-refractivity contribution in [1.29, 1.82) is 5.26 Å². The number of nitrogens with zero attached hydrogens (tertiary/aromatic N) is 4. The number of hydrogen-bond acceptors (Lipinski definition) is 5. The van der Waals surface area contributed by atoms with E-state index in [0.717, 1.165) is 23.3 Å². The Labute approximate surface area is 128 Å². The zero-order valence-electron chi connectivity index (χ0n) is 12.4. The van der Waals surface area contributed by atoms with E-state index in [1.54, 1.807) is 4.90 Å². The van der Waals surface area contributed by atoms with E-state index in [0.29, 0.717) is 19.0 Å². The molecular formula is C15H18N6O. The maximum Gasteiger partial charge on any atom is 0.236 e. The molecule has 1 saturated heterocycles. The van der Waals surface area contributed by atoms with Crippen LogP contribution < -0.4 is 5.32 Å². The fourth-order valence-corrected chi connectivity index (χ4v) is 2.83. The molecule has 2 atom stereocenters. The van der Waals surface area contributed by atoms with Crippen molar-refractivity contribution in [3.63, 3.8) is 0 Å². The lowest BCUT2D eigenvalue weighted by Gasteiger charge is -2.37. The number of piperidine rings is 1. The molecule has 0 saturated carbocycles. The molecule has 3 rings (SSSR count). The molecule has 2 unspecified atom stereocenters. The Kier molecular flexibility index (Phi) is 3.92. The number of carbonyl (C=O) groups is 1. The molecule has 0 bridgehead atoms. The highest BCUT2D eigenvalue weighted by molar-refractivity contribution is 5.86. The molecule has 3 heterocycles. The SMILES string of the molecule is CC1CCN(C(=O)CC#N)CC1Nc1ncnc2[nH]ccc12. The Morgan fingerprint density at radius 1 is 1.59 bits per heavy atom. The summed E-state index contributed by atoms with van der Waals surface area (Å²) < 4.78 is 0. The van der Waals surface area contributed by atoms with E-state index in [2.05, 4.69) is 27.2 Å². The summed E-state index contributed by atoms with van der Waals surface area (Å²) in [6.07, 6.45) is 4.21. The third-order valence-electron chi connectivity index (χ3n) is 4.22. The Hall–Kier alpha value is -2.62. The molecule has 1 aliphatic rings. The summed E-state index contributed by atoms with van der Waals surface area (Å²) in [4.78, 5) is 25.2. The van der Waals surface area contributed by atoms with Crippen molar-refractivity contribution in [2.75, 3.05) is 18.4 Å².